The van der Waals surface area contributed by atoms with E-state index in [0.717, 1.165) is 11.4 Å². The summed E-state index contributed by atoms with van der Waals surface area (Å²) in [6.07, 6.45) is 3.41. The molecule has 0 bridgehead atoms. The molecule has 8 heteroatoms. The summed E-state index contributed by atoms with van der Waals surface area (Å²) < 4.78 is 16.1. The fourth-order valence-electron chi connectivity index (χ4n) is 2.47. The molecular formula is C18H21FIN5S. The molecule has 0 aliphatic carbocycles. The number of rotatable bonds is 5. The van der Waals surface area contributed by atoms with Crippen LogP contribution in [0.15, 0.2) is 52.4 Å². The van der Waals surface area contributed by atoms with E-state index in [2.05, 4.69) is 32.1 Å². The van der Waals surface area contributed by atoms with Crippen LogP contribution in [-0.4, -0.2) is 22.6 Å². The Morgan fingerprint density at radius 2 is 2.00 bits per heavy atom. The summed E-state index contributed by atoms with van der Waals surface area (Å²) in [4.78, 5) is 8.32. The van der Waals surface area contributed by atoms with E-state index < -0.39 is 0 Å². The lowest BCUT2D eigenvalue weighted by Crippen LogP contribution is -2.36. The Morgan fingerprint density at radius 3 is 2.58 bits per heavy atom. The van der Waals surface area contributed by atoms with Crippen molar-refractivity contribution in [3.63, 3.8) is 0 Å². The highest BCUT2D eigenvalue weighted by Gasteiger charge is 2.08. The van der Waals surface area contributed by atoms with Crippen molar-refractivity contribution in [3.8, 4) is 5.69 Å². The second-order valence-electron chi connectivity index (χ2n) is 5.54. The zero-order chi connectivity index (χ0) is 17.6. The smallest absolute Gasteiger partial charge is 0.191 e. The van der Waals surface area contributed by atoms with E-state index in [1.807, 2.05) is 18.4 Å². The van der Waals surface area contributed by atoms with E-state index in [4.69, 9.17) is 0 Å². The summed E-state index contributed by atoms with van der Waals surface area (Å²) in [5, 5.41) is 10.6. The van der Waals surface area contributed by atoms with Crippen molar-refractivity contribution >= 4 is 41.3 Å². The molecule has 2 heterocycles. The topological polar surface area (TPSA) is 54.2 Å². The van der Waals surface area contributed by atoms with Gasteiger partial charge in [-0.15, -0.1) is 24.0 Å². The van der Waals surface area contributed by atoms with Gasteiger partial charge in [0.15, 0.2) is 5.96 Å². The molecule has 0 atom stereocenters. The highest BCUT2D eigenvalue weighted by Crippen LogP contribution is 2.16. The largest absolute Gasteiger partial charge is 0.352 e. The van der Waals surface area contributed by atoms with Gasteiger partial charge in [0.2, 0.25) is 0 Å². The zero-order valence-electron chi connectivity index (χ0n) is 14.6. The van der Waals surface area contributed by atoms with E-state index in [1.165, 1.54) is 11.6 Å². The Labute approximate surface area is 173 Å². The number of halogens is 2. The standard InChI is InChI=1S/C18H20FN5S.HI/c1-13-21-6-7-24(13)17-4-3-14(9-16(17)19)10-22-18(20-2)23-11-15-5-8-25-12-15;/h3-9,12H,10-11H2,1-2H3,(H2,20,22,23);1H. The number of thiophene rings is 1. The summed E-state index contributed by atoms with van der Waals surface area (Å²) in [7, 11) is 1.72. The second kappa shape index (κ2) is 9.67. The summed E-state index contributed by atoms with van der Waals surface area (Å²) in [5.41, 5.74) is 2.55. The van der Waals surface area contributed by atoms with Crippen molar-refractivity contribution in [2.75, 3.05) is 7.05 Å². The number of guanidine groups is 1. The quantitative estimate of drug-likeness (QED) is 0.328. The van der Waals surface area contributed by atoms with Crippen LogP contribution in [-0.2, 0) is 13.1 Å². The van der Waals surface area contributed by atoms with Crippen LogP contribution in [0.3, 0.4) is 0 Å². The predicted octanol–water partition coefficient (Wildman–Crippen LogP) is 3.86. The normalized spacial score (nSPS) is 11.1. The molecule has 0 spiro atoms. The molecule has 3 rings (SSSR count). The molecule has 138 valence electrons. The molecule has 0 aliphatic rings. The second-order valence-corrected chi connectivity index (χ2v) is 6.32. The van der Waals surface area contributed by atoms with Crippen molar-refractivity contribution in [1.82, 2.24) is 20.2 Å². The number of nitrogens with zero attached hydrogens (tertiary/aromatic N) is 3. The van der Waals surface area contributed by atoms with E-state index >= 15 is 0 Å². The van der Waals surface area contributed by atoms with Gasteiger partial charge in [0.05, 0.1) is 5.69 Å². The molecule has 0 saturated heterocycles. The molecular weight excluding hydrogens is 464 g/mol. The van der Waals surface area contributed by atoms with Crippen molar-refractivity contribution < 1.29 is 4.39 Å². The fourth-order valence-corrected chi connectivity index (χ4v) is 3.14. The Kier molecular flexibility index (Phi) is 7.58. The maximum absolute atomic E-state index is 14.4. The van der Waals surface area contributed by atoms with Gasteiger partial charge in [-0.2, -0.15) is 11.3 Å². The first-order valence-electron chi connectivity index (χ1n) is 7.91. The zero-order valence-corrected chi connectivity index (χ0v) is 17.7. The van der Waals surface area contributed by atoms with Crippen LogP contribution in [0, 0.1) is 12.7 Å². The van der Waals surface area contributed by atoms with Crippen LogP contribution < -0.4 is 10.6 Å². The van der Waals surface area contributed by atoms with Crippen molar-refractivity contribution in [2.45, 2.75) is 20.0 Å². The molecule has 2 N–H and O–H groups in total. The number of aromatic nitrogens is 2. The third kappa shape index (κ3) is 5.04. The summed E-state index contributed by atoms with van der Waals surface area (Å²) in [6, 6.07) is 7.27. The average molecular weight is 485 g/mol. The van der Waals surface area contributed by atoms with Gasteiger partial charge < -0.3 is 15.2 Å². The van der Waals surface area contributed by atoms with Gasteiger partial charge in [0.25, 0.3) is 0 Å². The molecule has 2 aromatic heterocycles. The number of benzene rings is 1. The third-order valence-electron chi connectivity index (χ3n) is 3.82. The van der Waals surface area contributed by atoms with Crippen LogP contribution in [0.1, 0.15) is 17.0 Å². The first kappa shape index (κ1) is 20.4. The fraction of sp³-hybridized carbons (Fsp3) is 0.222. The number of hydrogen-bond acceptors (Lipinski definition) is 3. The average Bonchev–Trinajstić information content (AvgIpc) is 3.27. The lowest BCUT2D eigenvalue weighted by molar-refractivity contribution is 0.613. The molecule has 0 fully saturated rings. The molecule has 0 radical (unpaired) electrons. The van der Waals surface area contributed by atoms with Crippen LogP contribution in [0.5, 0.6) is 0 Å². The van der Waals surface area contributed by atoms with Crippen molar-refractivity contribution in [1.29, 1.82) is 0 Å². The monoisotopic (exact) mass is 485 g/mol. The molecule has 5 nitrogen and oxygen atoms in total. The van der Waals surface area contributed by atoms with Crippen LogP contribution in [0.25, 0.3) is 5.69 Å². The highest BCUT2D eigenvalue weighted by molar-refractivity contribution is 14.0. The van der Waals surface area contributed by atoms with E-state index in [0.29, 0.717) is 24.7 Å². The number of hydrogen-bond donors (Lipinski definition) is 2. The molecule has 26 heavy (non-hydrogen) atoms. The van der Waals surface area contributed by atoms with E-state index in [9.17, 15) is 4.39 Å². The minimum Gasteiger partial charge on any atom is -0.352 e. The Morgan fingerprint density at radius 1 is 1.23 bits per heavy atom. The van der Waals surface area contributed by atoms with E-state index in [1.54, 1.807) is 41.4 Å². The minimum absolute atomic E-state index is 0. The first-order valence-corrected chi connectivity index (χ1v) is 8.86. The Bertz CT molecular complexity index is 860. The minimum atomic E-state index is -0.276. The molecule has 3 aromatic rings. The Balaban J connectivity index is 0.00000243. The lowest BCUT2D eigenvalue weighted by Gasteiger charge is -2.12. The van der Waals surface area contributed by atoms with Crippen molar-refractivity contribution in [2.24, 2.45) is 4.99 Å². The predicted molar refractivity (Wildman–Crippen MR) is 115 cm³/mol. The number of imidazole rings is 1. The lowest BCUT2D eigenvalue weighted by atomic mass is 10.2. The van der Waals surface area contributed by atoms with Gasteiger partial charge >= 0.3 is 0 Å². The summed E-state index contributed by atoms with van der Waals surface area (Å²) in [5.74, 6) is 1.16. The molecule has 0 unspecified atom stereocenters. The van der Waals surface area contributed by atoms with Crippen LogP contribution >= 0.6 is 35.3 Å². The molecule has 0 aliphatic heterocycles. The molecule has 0 amide bonds. The molecule has 0 saturated carbocycles. The number of nitrogens with one attached hydrogen (secondary N) is 2. The SMILES string of the molecule is CN=C(NCc1ccsc1)NCc1ccc(-n2ccnc2C)c(F)c1.I. The van der Waals surface area contributed by atoms with Gasteiger partial charge in [0, 0.05) is 32.5 Å². The number of aryl methyl sites for hydroxylation is 1. The Hall–Kier alpha value is -1.94. The van der Waals surface area contributed by atoms with Gasteiger partial charge in [-0.1, -0.05) is 6.07 Å². The van der Waals surface area contributed by atoms with Gasteiger partial charge in [-0.3, -0.25) is 4.99 Å². The number of aliphatic imine (C=N–C) groups is 1. The van der Waals surface area contributed by atoms with Gasteiger partial charge in [-0.25, -0.2) is 9.37 Å². The van der Waals surface area contributed by atoms with Gasteiger partial charge in [0.1, 0.15) is 11.6 Å². The van der Waals surface area contributed by atoms with Crippen LogP contribution in [0.2, 0.25) is 0 Å². The summed E-state index contributed by atoms with van der Waals surface area (Å²) in [6.45, 7) is 3.04. The molecule has 1 aromatic carbocycles. The summed E-state index contributed by atoms with van der Waals surface area (Å²) >= 11 is 1.66. The van der Waals surface area contributed by atoms with E-state index in [-0.39, 0.29) is 29.8 Å². The van der Waals surface area contributed by atoms with Crippen LogP contribution in [0.4, 0.5) is 4.39 Å². The first-order chi connectivity index (χ1) is 12.2. The highest BCUT2D eigenvalue weighted by atomic mass is 127. The van der Waals surface area contributed by atoms with Crippen molar-refractivity contribution in [3.05, 3.63) is 70.2 Å². The maximum Gasteiger partial charge on any atom is 0.191 e. The third-order valence-corrected chi connectivity index (χ3v) is 4.55. The maximum atomic E-state index is 14.4. The van der Waals surface area contributed by atoms with Gasteiger partial charge in [-0.05, 0) is 47.0 Å².